The van der Waals surface area contributed by atoms with Gasteiger partial charge in [0.2, 0.25) is 0 Å². The molecule has 0 bridgehead atoms. The van der Waals surface area contributed by atoms with Crippen molar-refractivity contribution in [2.75, 3.05) is 6.61 Å². The van der Waals surface area contributed by atoms with Crippen LogP contribution in [-0.4, -0.2) is 17.6 Å². The Morgan fingerprint density at radius 2 is 2.09 bits per heavy atom. The number of pyridine rings is 1. The number of rotatable bonds is 5. The van der Waals surface area contributed by atoms with Gasteiger partial charge in [-0.1, -0.05) is 30.3 Å². The second-order valence-electron chi connectivity index (χ2n) is 4.36. The van der Waals surface area contributed by atoms with Gasteiger partial charge in [-0.15, -0.1) is 11.8 Å². The number of nitriles is 1. The summed E-state index contributed by atoms with van der Waals surface area (Å²) in [6, 6.07) is 13.0. The van der Waals surface area contributed by atoms with Crippen LogP contribution in [0.15, 0.2) is 46.2 Å². The quantitative estimate of drug-likeness (QED) is 0.677. The number of carbonyl (C=O) groups excluding carboxylic acids is 1. The topological polar surface area (TPSA) is 82.9 Å². The first-order valence-electron chi connectivity index (χ1n) is 6.67. The van der Waals surface area contributed by atoms with Gasteiger partial charge in [0.25, 0.3) is 5.56 Å². The summed E-state index contributed by atoms with van der Waals surface area (Å²) in [4.78, 5) is 26.2. The molecule has 2 rings (SSSR count). The minimum atomic E-state index is -0.722. The fourth-order valence-electron chi connectivity index (χ4n) is 1.80. The number of H-pyrrole nitrogens is 1. The normalized spacial score (nSPS) is 10.0. The number of hydrogen-bond acceptors (Lipinski definition) is 5. The number of nitrogens with one attached hydrogen (secondary N) is 1. The molecule has 0 unspecified atom stereocenters. The second kappa shape index (κ2) is 7.48. The molecule has 22 heavy (non-hydrogen) atoms. The Kier molecular flexibility index (Phi) is 5.39. The Morgan fingerprint density at radius 3 is 2.73 bits per heavy atom. The molecule has 0 saturated heterocycles. The van der Waals surface area contributed by atoms with Gasteiger partial charge < -0.3 is 9.72 Å². The average Bonchev–Trinajstić information content (AvgIpc) is 2.54. The average molecular weight is 314 g/mol. The number of aromatic nitrogens is 1. The number of aromatic amines is 1. The highest BCUT2D eigenvalue weighted by atomic mass is 32.2. The molecule has 0 aliphatic carbocycles. The number of esters is 1. The van der Waals surface area contributed by atoms with Crippen LogP contribution >= 0.6 is 11.8 Å². The second-order valence-corrected chi connectivity index (χ2v) is 5.35. The van der Waals surface area contributed by atoms with Crippen LogP contribution in [0.4, 0.5) is 0 Å². The third kappa shape index (κ3) is 3.77. The van der Waals surface area contributed by atoms with Gasteiger partial charge in [-0.05, 0) is 18.6 Å². The zero-order valence-corrected chi connectivity index (χ0v) is 12.8. The van der Waals surface area contributed by atoms with Crippen LogP contribution in [-0.2, 0) is 10.5 Å². The Bertz CT molecular complexity index is 763. The summed E-state index contributed by atoms with van der Waals surface area (Å²) < 4.78 is 4.80. The van der Waals surface area contributed by atoms with E-state index in [1.165, 1.54) is 17.8 Å². The lowest BCUT2D eigenvalue weighted by Crippen LogP contribution is -2.20. The third-order valence-corrected chi connectivity index (χ3v) is 3.94. The molecule has 0 saturated carbocycles. The molecule has 1 N–H and O–H groups in total. The molecule has 0 aliphatic rings. The first kappa shape index (κ1) is 15.9. The van der Waals surface area contributed by atoms with E-state index in [0.717, 1.165) is 5.56 Å². The molecule has 112 valence electrons. The van der Waals surface area contributed by atoms with Gasteiger partial charge in [-0.25, -0.2) is 4.79 Å². The fourth-order valence-corrected chi connectivity index (χ4v) is 2.73. The van der Waals surface area contributed by atoms with Crippen LogP contribution < -0.4 is 5.56 Å². The lowest BCUT2D eigenvalue weighted by Gasteiger charge is -2.06. The molecule has 1 aromatic carbocycles. The van der Waals surface area contributed by atoms with Crippen molar-refractivity contribution < 1.29 is 9.53 Å². The van der Waals surface area contributed by atoms with Gasteiger partial charge in [0.05, 0.1) is 17.2 Å². The van der Waals surface area contributed by atoms with Gasteiger partial charge in [-0.3, -0.25) is 4.79 Å². The van der Waals surface area contributed by atoms with Crippen LogP contribution in [0.5, 0.6) is 0 Å². The Morgan fingerprint density at radius 1 is 1.36 bits per heavy atom. The van der Waals surface area contributed by atoms with Crippen molar-refractivity contribution in [1.29, 1.82) is 5.26 Å². The maximum Gasteiger partial charge on any atom is 0.343 e. The van der Waals surface area contributed by atoms with Crippen LogP contribution in [0, 0.1) is 11.3 Å². The Balaban J connectivity index is 2.26. The number of nitrogens with zero attached hydrogens (tertiary/aromatic N) is 1. The molecule has 0 aliphatic heterocycles. The van der Waals surface area contributed by atoms with E-state index in [1.54, 1.807) is 6.92 Å². The number of benzene rings is 1. The monoisotopic (exact) mass is 314 g/mol. The molecule has 5 nitrogen and oxygen atoms in total. The lowest BCUT2D eigenvalue weighted by molar-refractivity contribution is 0.0524. The highest BCUT2D eigenvalue weighted by Gasteiger charge is 2.16. The lowest BCUT2D eigenvalue weighted by atomic mass is 10.2. The molecule has 0 atom stereocenters. The minimum absolute atomic E-state index is 0.150. The summed E-state index contributed by atoms with van der Waals surface area (Å²) in [5.41, 5.74) is 0.630. The fraction of sp³-hybridized carbons (Fsp3) is 0.188. The van der Waals surface area contributed by atoms with Crippen molar-refractivity contribution in [3.8, 4) is 6.07 Å². The van der Waals surface area contributed by atoms with Gasteiger partial charge in [0.15, 0.2) is 0 Å². The summed E-state index contributed by atoms with van der Waals surface area (Å²) >= 11 is 1.34. The Labute approximate surface area is 131 Å². The number of carbonyl (C=O) groups is 1. The zero-order valence-electron chi connectivity index (χ0n) is 12.0. The predicted molar refractivity (Wildman–Crippen MR) is 83.7 cm³/mol. The Hall–Kier alpha value is -2.52. The SMILES string of the molecule is CCOC(=O)c1cc(C#N)c(SCc2ccccc2)[nH]c1=O. The number of ether oxygens (including phenoxy) is 1. The first-order valence-corrected chi connectivity index (χ1v) is 7.65. The first-order chi connectivity index (χ1) is 10.7. The van der Waals surface area contributed by atoms with Crippen LogP contribution in [0.2, 0.25) is 0 Å². The molecular weight excluding hydrogens is 300 g/mol. The highest BCUT2D eigenvalue weighted by Crippen LogP contribution is 2.23. The van der Waals surface area contributed by atoms with Crippen molar-refractivity contribution >= 4 is 17.7 Å². The molecule has 0 fully saturated rings. The van der Waals surface area contributed by atoms with Crippen molar-refractivity contribution in [3.05, 3.63) is 63.4 Å². The van der Waals surface area contributed by atoms with E-state index in [-0.39, 0.29) is 17.7 Å². The summed E-state index contributed by atoms with van der Waals surface area (Å²) in [5.74, 6) is -0.107. The molecule has 0 amide bonds. The van der Waals surface area contributed by atoms with Crippen molar-refractivity contribution in [3.63, 3.8) is 0 Å². The van der Waals surface area contributed by atoms with Crippen LogP contribution in [0.3, 0.4) is 0 Å². The van der Waals surface area contributed by atoms with Crippen molar-refractivity contribution in [2.24, 2.45) is 0 Å². The van der Waals surface area contributed by atoms with Crippen LogP contribution in [0.1, 0.15) is 28.4 Å². The van der Waals surface area contributed by atoms with E-state index in [0.29, 0.717) is 10.8 Å². The summed E-state index contributed by atoms with van der Waals surface area (Å²) in [7, 11) is 0. The summed E-state index contributed by atoms with van der Waals surface area (Å²) in [5, 5.41) is 9.65. The number of thioether (sulfide) groups is 1. The van der Waals surface area contributed by atoms with Gasteiger partial charge in [0, 0.05) is 5.75 Å². The van der Waals surface area contributed by atoms with E-state index < -0.39 is 11.5 Å². The summed E-state index contributed by atoms with van der Waals surface area (Å²) in [6.45, 7) is 1.83. The maximum atomic E-state index is 12.0. The van der Waals surface area contributed by atoms with Gasteiger partial charge >= 0.3 is 5.97 Å². The van der Waals surface area contributed by atoms with Crippen molar-refractivity contribution in [1.82, 2.24) is 4.98 Å². The van der Waals surface area contributed by atoms with E-state index in [2.05, 4.69) is 4.98 Å². The van der Waals surface area contributed by atoms with Crippen LogP contribution in [0.25, 0.3) is 0 Å². The molecule has 6 heteroatoms. The van der Waals surface area contributed by atoms with E-state index in [1.807, 2.05) is 36.4 Å². The van der Waals surface area contributed by atoms with E-state index in [4.69, 9.17) is 4.74 Å². The molecule has 1 aromatic heterocycles. The third-order valence-electron chi connectivity index (χ3n) is 2.85. The van der Waals surface area contributed by atoms with Crippen molar-refractivity contribution in [2.45, 2.75) is 17.7 Å². The minimum Gasteiger partial charge on any atom is -0.462 e. The standard InChI is InChI=1S/C16H14N2O3S/c1-2-21-16(20)13-8-12(9-17)15(18-14(13)19)22-10-11-6-4-3-5-7-11/h3-8H,2,10H2,1H3,(H,18,19). The molecule has 1 heterocycles. The van der Waals surface area contributed by atoms with Gasteiger partial charge in [0.1, 0.15) is 11.6 Å². The number of hydrogen-bond donors (Lipinski definition) is 1. The molecule has 0 radical (unpaired) electrons. The molecular formula is C16H14N2O3S. The summed E-state index contributed by atoms with van der Waals surface area (Å²) in [6.07, 6.45) is 0. The smallest absolute Gasteiger partial charge is 0.343 e. The largest absolute Gasteiger partial charge is 0.462 e. The maximum absolute atomic E-state index is 12.0. The molecule has 2 aromatic rings. The highest BCUT2D eigenvalue weighted by molar-refractivity contribution is 7.98. The van der Waals surface area contributed by atoms with Gasteiger partial charge in [-0.2, -0.15) is 5.26 Å². The molecule has 0 spiro atoms. The predicted octanol–water partition coefficient (Wildman–Crippen LogP) is 2.72. The van der Waals surface area contributed by atoms with E-state index >= 15 is 0 Å². The zero-order chi connectivity index (χ0) is 15.9. The van der Waals surface area contributed by atoms with E-state index in [9.17, 15) is 14.9 Å².